The Bertz CT molecular complexity index is 494. The number of primary amides is 1. The monoisotopic (exact) mass is 276 g/mol. The van der Waals surface area contributed by atoms with E-state index in [1.807, 2.05) is 16.9 Å². The molecule has 0 aromatic carbocycles. The van der Waals surface area contributed by atoms with E-state index in [4.69, 9.17) is 5.73 Å². The molecule has 1 amide bonds. The number of hydrogen-bond acceptors (Lipinski definition) is 3. The number of aromatic nitrogens is 2. The molecule has 0 radical (unpaired) electrons. The predicted octanol–water partition coefficient (Wildman–Crippen LogP) is 1.36. The van der Waals surface area contributed by atoms with Crippen molar-refractivity contribution in [1.29, 1.82) is 0 Å². The Balaban J connectivity index is 1.69. The zero-order valence-corrected chi connectivity index (χ0v) is 12.1. The second kappa shape index (κ2) is 5.20. The SMILES string of the molecule is Cc1ccnn1CCC1CCCC1(NC1CC1)C(N)=O. The van der Waals surface area contributed by atoms with E-state index >= 15 is 0 Å². The fourth-order valence-corrected chi connectivity index (χ4v) is 3.56. The minimum absolute atomic E-state index is 0.163. The van der Waals surface area contributed by atoms with Gasteiger partial charge in [-0.1, -0.05) is 6.42 Å². The normalized spacial score (nSPS) is 29.8. The highest BCUT2D eigenvalue weighted by atomic mass is 16.1. The molecular formula is C15H24N4O. The number of aryl methyl sites for hydroxylation is 2. The average Bonchev–Trinajstić information content (AvgIpc) is 2.97. The van der Waals surface area contributed by atoms with Crippen LogP contribution < -0.4 is 11.1 Å². The van der Waals surface area contributed by atoms with Crippen LogP contribution in [0.25, 0.3) is 0 Å². The van der Waals surface area contributed by atoms with Crippen molar-refractivity contribution in [2.45, 2.75) is 63.6 Å². The number of nitrogens with zero attached hydrogens (tertiary/aromatic N) is 2. The van der Waals surface area contributed by atoms with Gasteiger partial charge in [0.15, 0.2) is 0 Å². The first-order valence-corrected chi connectivity index (χ1v) is 7.68. The quantitative estimate of drug-likeness (QED) is 0.824. The van der Waals surface area contributed by atoms with Gasteiger partial charge in [-0.3, -0.25) is 9.48 Å². The summed E-state index contributed by atoms with van der Waals surface area (Å²) in [6.45, 7) is 2.93. The van der Waals surface area contributed by atoms with E-state index in [9.17, 15) is 4.79 Å². The first-order valence-electron chi connectivity index (χ1n) is 7.68. The van der Waals surface area contributed by atoms with Crippen molar-refractivity contribution in [3.05, 3.63) is 18.0 Å². The van der Waals surface area contributed by atoms with Crippen LogP contribution >= 0.6 is 0 Å². The summed E-state index contributed by atoms with van der Waals surface area (Å²) < 4.78 is 2.02. The molecule has 3 N–H and O–H groups in total. The zero-order valence-electron chi connectivity index (χ0n) is 12.1. The molecule has 110 valence electrons. The molecule has 2 fully saturated rings. The molecule has 20 heavy (non-hydrogen) atoms. The minimum Gasteiger partial charge on any atom is -0.368 e. The summed E-state index contributed by atoms with van der Waals surface area (Å²) >= 11 is 0. The van der Waals surface area contributed by atoms with Crippen molar-refractivity contribution in [3.8, 4) is 0 Å². The van der Waals surface area contributed by atoms with E-state index in [0.29, 0.717) is 12.0 Å². The maximum absolute atomic E-state index is 12.1. The van der Waals surface area contributed by atoms with Crippen LogP contribution in [0.1, 0.15) is 44.2 Å². The van der Waals surface area contributed by atoms with Crippen molar-refractivity contribution in [1.82, 2.24) is 15.1 Å². The third-order valence-corrected chi connectivity index (χ3v) is 4.92. The lowest BCUT2D eigenvalue weighted by atomic mass is 9.83. The highest BCUT2D eigenvalue weighted by molar-refractivity contribution is 5.85. The molecule has 1 heterocycles. The van der Waals surface area contributed by atoms with Crippen LogP contribution in [0.15, 0.2) is 12.3 Å². The van der Waals surface area contributed by atoms with E-state index in [1.165, 1.54) is 18.5 Å². The van der Waals surface area contributed by atoms with Crippen molar-refractivity contribution < 1.29 is 4.79 Å². The van der Waals surface area contributed by atoms with Crippen molar-refractivity contribution >= 4 is 5.91 Å². The molecule has 0 saturated heterocycles. The summed E-state index contributed by atoms with van der Waals surface area (Å²) in [7, 11) is 0. The van der Waals surface area contributed by atoms with Crippen molar-refractivity contribution in [2.75, 3.05) is 0 Å². The molecule has 0 bridgehead atoms. The Labute approximate surface area is 119 Å². The largest absolute Gasteiger partial charge is 0.368 e. The lowest BCUT2D eigenvalue weighted by Crippen LogP contribution is -2.58. The highest BCUT2D eigenvalue weighted by Gasteiger charge is 2.49. The van der Waals surface area contributed by atoms with Crippen LogP contribution in [0, 0.1) is 12.8 Å². The fourth-order valence-electron chi connectivity index (χ4n) is 3.56. The maximum Gasteiger partial charge on any atom is 0.238 e. The summed E-state index contributed by atoms with van der Waals surface area (Å²) in [6, 6.07) is 2.52. The summed E-state index contributed by atoms with van der Waals surface area (Å²) in [6.07, 6.45) is 8.22. The third kappa shape index (κ3) is 2.46. The lowest BCUT2D eigenvalue weighted by molar-refractivity contribution is -0.126. The zero-order chi connectivity index (χ0) is 14.2. The number of nitrogens with one attached hydrogen (secondary N) is 1. The van der Waals surface area contributed by atoms with Crippen LogP contribution in [-0.4, -0.2) is 27.3 Å². The Morgan fingerprint density at radius 2 is 2.35 bits per heavy atom. The Kier molecular flexibility index (Phi) is 3.54. The average molecular weight is 276 g/mol. The van der Waals surface area contributed by atoms with Gasteiger partial charge in [0.25, 0.3) is 0 Å². The molecule has 2 aliphatic carbocycles. The Hall–Kier alpha value is -1.36. The number of hydrogen-bond donors (Lipinski definition) is 2. The maximum atomic E-state index is 12.1. The number of carbonyl (C=O) groups excluding carboxylic acids is 1. The molecule has 2 unspecified atom stereocenters. The summed E-state index contributed by atoms with van der Waals surface area (Å²) in [5, 5.41) is 7.88. The molecule has 2 aliphatic rings. The van der Waals surface area contributed by atoms with Gasteiger partial charge in [-0.25, -0.2) is 0 Å². The van der Waals surface area contributed by atoms with Crippen LogP contribution in [0.2, 0.25) is 0 Å². The first-order chi connectivity index (χ1) is 9.62. The van der Waals surface area contributed by atoms with Gasteiger partial charge in [0.05, 0.1) is 0 Å². The molecule has 2 atom stereocenters. The number of rotatable bonds is 6. The van der Waals surface area contributed by atoms with Crippen LogP contribution in [-0.2, 0) is 11.3 Å². The van der Waals surface area contributed by atoms with Gasteiger partial charge < -0.3 is 11.1 Å². The van der Waals surface area contributed by atoms with Gasteiger partial charge in [-0.05, 0) is 51.0 Å². The first kappa shape index (κ1) is 13.6. The molecule has 0 spiro atoms. The Morgan fingerprint density at radius 1 is 1.55 bits per heavy atom. The van der Waals surface area contributed by atoms with Gasteiger partial charge in [-0.15, -0.1) is 0 Å². The predicted molar refractivity (Wildman–Crippen MR) is 77.0 cm³/mol. The standard InChI is InChI=1S/C15H24N4O/c1-11-6-9-17-19(11)10-7-12-3-2-8-15(12,14(16)20)18-13-4-5-13/h6,9,12-13,18H,2-5,7-8,10H2,1H3,(H2,16,20). The van der Waals surface area contributed by atoms with E-state index in [2.05, 4.69) is 17.3 Å². The number of carbonyl (C=O) groups is 1. The topological polar surface area (TPSA) is 72.9 Å². The van der Waals surface area contributed by atoms with Gasteiger partial charge in [0.2, 0.25) is 5.91 Å². The molecule has 0 aliphatic heterocycles. The van der Waals surface area contributed by atoms with E-state index < -0.39 is 5.54 Å². The number of nitrogens with two attached hydrogens (primary N) is 1. The molecule has 2 saturated carbocycles. The van der Waals surface area contributed by atoms with E-state index in [1.54, 1.807) is 0 Å². The van der Waals surface area contributed by atoms with Gasteiger partial charge >= 0.3 is 0 Å². The smallest absolute Gasteiger partial charge is 0.238 e. The van der Waals surface area contributed by atoms with Gasteiger partial charge in [-0.2, -0.15) is 5.10 Å². The molecular weight excluding hydrogens is 252 g/mol. The second-order valence-electron chi connectivity index (χ2n) is 6.33. The van der Waals surface area contributed by atoms with E-state index in [-0.39, 0.29) is 5.91 Å². The molecule has 1 aromatic heterocycles. The third-order valence-electron chi connectivity index (χ3n) is 4.92. The van der Waals surface area contributed by atoms with Gasteiger partial charge in [0.1, 0.15) is 5.54 Å². The van der Waals surface area contributed by atoms with Crippen LogP contribution in [0.3, 0.4) is 0 Å². The summed E-state index contributed by atoms with van der Waals surface area (Å²) in [4.78, 5) is 12.1. The summed E-state index contributed by atoms with van der Waals surface area (Å²) in [5.74, 6) is 0.174. The van der Waals surface area contributed by atoms with E-state index in [0.717, 1.165) is 32.2 Å². The second-order valence-corrected chi connectivity index (χ2v) is 6.33. The lowest BCUT2D eigenvalue weighted by Gasteiger charge is -2.34. The minimum atomic E-state index is -0.470. The molecule has 1 aromatic rings. The van der Waals surface area contributed by atoms with Crippen molar-refractivity contribution in [2.24, 2.45) is 11.7 Å². The molecule has 5 heteroatoms. The van der Waals surface area contributed by atoms with Crippen LogP contribution in [0.5, 0.6) is 0 Å². The highest BCUT2D eigenvalue weighted by Crippen LogP contribution is 2.40. The van der Waals surface area contributed by atoms with Gasteiger partial charge in [0, 0.05) is 24.5 Å². The van der Waals surface area contributed by atoms with Crippen molar-refractivity contribution in [3.63, 3.8) is 0 Å². The number of amides is 1. The fraction of sp³-hybridized carbons (Fsp3) is 0.733. The Morgan fingerprint density at radius 3 is 2.95 bits per heavy atom. The molecule has 3 rings (SSSR count). The summed E-state index contributed by atoms with van der Waals surface area (Å²) in [5.41, 5.74) is 6.45. The van der Waals surface area contributed by atoms with Crippen LogP contribution in [0.4, 0.5) is 0 Å². The molecule has 5 nitrogen and oxygen atoms in total.